The molecule has 3 aromatic rings. The zero-order valence-corrected chi connectivity index (χ0v) is 15.5. The van der Waals surface area contributed by atoms with Crippen molar-refractivity contribution in [3.63, 3.8) is 0 Å². The molecule has 0 unspecified atom stereocenters. The Hall–Kier alpha value is -3.33. The van der Waals surface area contributed by atoms with E-state index < -0.39 is 0 Å². The van der Waals surface area contributed by atoms with Crippen LogP contribution in [0.25, 0.3) is 15.1 Å². The Morgan fingerprint density at radius 2 is 1.92 bits per heavy atom. The summed E-state index contributed by atoms with van der Waals surface area (Å²) in [5.74, 6) is 6.13. The maximum absolute atomic E-state index is 9.38. The number of hydrogen-bond acceptors (Lipinski definition) is 5. The summed E-state index contributed by atoms with van der Waals surface area (Å²) in [6, 6.07) is 9.48. The van der Waals surface area contributed by atoms with Crippen LogP contribution in [0.5, 0.6) is 0 Å². The van der Waals surface area contributed by atoms with Crippen molar-refractivity contribution >= 4 is 50.3 Å². The molecule has 0 atom stereocenters. The molecule has 2 aromatic carbocycles. The molecule has 4 nitrogen and oxygen atoms in total. The highest BCUT2D eigenvalue weighted by atomic mass is 32.1. The molecule has 1 heterocycles. The Bertz CT molecular complexity index is 1160. The van der Waals surface area contributed by atoms with E-state index in [9.17, 15) is 5.26 Å². The van der Waals surface area contributed by atoms with Crippen LogP contribution in [0, 0.1) is 43.6 Å². The highest BCUT2D eigenvalue weighted by Crippen LogP contribution is 2.37. The molecule has 0 spiro atoms. The van der Waals surface area contributed by atoms with Gasteiger partial charge in [-0.1, -0.05) is 5.92 Å². The summed E-state index contributed by atoms with van der Waals surface area (Å²) < 4.78 is 0.904. The average molecular weight is 370 g/mol. The quantitative estimate of drug-likeness (QED) is 0.247. The highest BCUT2D eigenvalue weighted by molar-refractivity contribution is 7.78. The maximum Gasteiger partial charge on any atom is 0.209 e. The predicted octanol–water partition coefficient (Wildman–Crippen LogP) is 5.47. The zero-order chi connectivity index (χ0) is 18.7. The summed E-state index contributed by atoms with van der Waals surface area (Å²) in [7, 11) is 0. The summed E-state index contributed by atoms with van der Waals surface area (Å²) in [5, 5.41) is 12.4. The fraction of sp³-hybridized carbons (Fsp3) is 0.100. The number of aliphatic imine (C=N–C) groups is 1. The van der Waals surface area contributed by atoms with Crippen LogP contribution in [0.4, 0.5) is 11.4 Å². The van der Waals surface area contributed by atoms with Crippen molar-refractivity contribution in [3.05, 3.63) is 62.9 Å². The molecule has 0 fully saturated rings. The zero-order valence-electron chi connectivity index (χ0n) is 13.9. The SMILES string of the molecule is [C-]#[N+]c1c(C#N)c(C)c2sc(C#Cc3ccc(N=C=S)cc3)nc2c1C. The van der Waals surface area contributed by atoms with Crippen LogP contribution in [-0.4, -0.2) is 10.1 Å². The van der Waals surface area contributed by atoms with Crippen LogP contribution >= 0.6 is 23.6 Å². The number of thiazole rings is 1. The number of aryl methyl sites for hydroxylation is 2. The molecule has 0 bridgehead atoms. The van der Waals surface area contributed by atoms with Crippen molar-refractivity contribution < 1.29 is 0 Å². The number of rotatable bonds is 1. The van der Waals surface area contributed by atoms with Crippen molar-refractivity contribution in [1.29, 1.82) is 5.26 Å². The minimum atomic E-state index is 0.372. The summed E-state index contributed by atoms with van der Waals surface area (Å²) >= 11 is 6.02. The molecule has 0 aliphatic heterocycles. The molecule has 0 aliphatic carbocycles. The normalized spacial score (nSPS) is 9.54. The van der Waals surface area contributed by atoms with Crippen molar-refractivity contribution in [2.24, 2.45) is 4.99 Å². The lowest BCUT2D eigenvalue weighted by molar-refractivity contribution is 1.37. The fourth-order valence-corrected chi connectivity index (χ4v) is 3.64. The fourth-order valence-electron chi connectivity index (χ4n) is 2.55. The number of nitrogens with zero attached hydrogens (tertiary/aromatic N) is 4. The van der Waals surface area contributed by atoms with E-state index in [1.54, 1.807) is 0 Å². The van der Waals surface area contributed by atoms with Gasteiger partial charge in [0.1, 0.15) is 0 Å². The second-order valence-electron chi connectivity index (χ2n) is 5.39. The number of hydrogen-bond donors (Lipinski definition) is 0. The van der Waals surface area contributed by atoms with E-state index in [1.807, 2.05) is 38.1 Å². The lowest BCUT2D eigenvalue weighted by atomic mass is 10.0. The first-order valence-electron chi connectivity index (χ1n) is 7.50. The number of fused-ring (bicyclic) bond motifs is 1. The molecule has 0 saturated heterocycles. The minimum absolute atomic E-state index is 0.372. The van der Waals surface area contributed by atoms with Gasteiger partial charge in [-0.25, -0.2) is 9.83 Å². The number of thiocarbonyl (C=S) groups is 1. The van der Waals surface area contributed by atoms with Gasteiger partial charge < -0.3 is 0 Å². The Balaban J connectivity index is 2.08. The Morgan fingerprint density at radius 3 is 2.54 bits per heavy atom. The lowest BCUT2D eigenvalue weighted by Crippen LogP contribution is -1.88. The Kier molecular flexibility index (Phi) is 4.90. The second-order valence-corrected chi connectivity index (χ2v) is 6.58. The van der Waals surface area contributed by atoms with Crippen molar-refractivity contribution in [2.75, 3.05) is 0 Å². The molecule has 26 heavy (non-hydrogen) atoms. The van der Waals surface area contributed by atoms with Gasteiger partial charge in [0.25, 0.3) is 0 Å². The maximum atomic E-state index is 9.38. The van der Waals surface area contributed by atoms with Crippen molar-refractivity contribution in [3.8, 4) is 17.9 Å². The van der Waals surface area contributed by atoms with Gasteiger partial charge in [-0.2, -0.15) is 10.3 Å². The van der Waals surface area contributed by atoms with E-state index in [0.717, 1.165) is 32.6 Å². The van der Waals surface area contributed by atoms with Gasteiger partial charge >= 0.3 is 0 Å². The summed E-state index contributed by atoms with van der Waals surface area (Å²) in [6.07, 6.45) is 0. The van der Waals surface area contributed by atoms with Gasteiger partial charge in [0.2, 0.25) is 5.69 Å². The van der Waals surface area contributed by atoms with Gasteiger partial charge in [0.05, 0.1) is 39.3 Å². The molecule has 0 aliphatic rings. The first-order chi connectivity index (χ1) is 12.6. The smallest absolute Gasteiger partial charge is 0.209 e. The van der Waals surface area contributed by atoms with E-state index in [-0.39, 0.29) is 0 Å². The molecule has 3 rings (SSSR count). The van der Waals surface area contributed by atoms with Crippen LogP contribution < -0.4 is 0 Å². The summed E-state index contributed by atoms with van der Waals surface area (Å²) in [5.41, 5.74) is 4.61. The molecule has 0 saturated carbocycles. The summed E-state index contributed by atoms with van der Waals surface area (Å²) in [4.78, 5) is 12.0. The molecule has 0 radical (unpaired) electrons. The number of isothiocyanates is 1. The van der Waals surface area contributed by atoms with E-state index in [0.29, 0.717) is 16.3 Å². The largest absolute Gasteiger partial charge is 0.236 e. The molecule has 6 heteroatoms. The lowest BCUT2D eigenvalue weighted by Gasteiger charge is -2.05. The number of aromatic nitrogens is 1. The number of benzene rings is 2. The highest BCUT2D eigenvalue weighted by Gasteiger charge is 2.17. The minimum Gasteiger partial charge on any atom is -0.236 e. The topological polar surface area (TPSA) is 53.4 Å². The van der Waals surface area contributed by atoms with E-state index in [2.05, 4.69) is 50.1 Å². The van der Waals surface area contributed by atoms with Gasteiger partial charge in [-0.05, 0) is 67.4 Å². The van der Waals surface area contributed by atoms with Crippen LogP contribution in [0.2, 0.25) is 0 Å². The van der Waals surface area contributed by atoms with Crippen molar-refractivity contribution in [1.82, 2.24) is 4.98 Å². The van der Waals surface area contributed by atoms with Crippen LogP contribution in [0.15, 0.2) is 29.3 Å². The first-order valence-corrected chi connectivity index (χ1v) is 8.72. The third kappa shape index (κ3) is 3.11. The predicted molar refractivity (Wildman–Crippen MR) is 107 cm³/mol. The van der Waals surface area contributed by atoms with Gasteiger partial charge in [0.15, 0.2) is 5.01 Å². The van der Waals surface area contributed by atoms with Gasteiger partial charge in [-0.3, -0.25) is 0 Å². The number of nitriles is 1. The summed E-state index contributed by atoms with van der Waals surface area (Å²) in [6.45, 7) is 11.0. The molecule has 122 valence electrons. The Labute approximate surface area is 160 Å². The van der Waals surface area contributed by atoms with E-state index >= 15 is 0 Å². The molecule has 1 aromatic heterocycles. The molecular weight excluding hydrogens is 360 g/mol. The second kappa shape index (κ2) is 7.28. The van der Waals surface area contributed by atoms with Crippen molar-refractivity contribution in [2.45, 2.75) is 13.8 Å². The monoisotopic (exact) mass is 370 g/mol. The van der Waals surface area contributed by atoms with Gasteiger partial charge in [-0.15, -0.1) is 11.3 Å². The van der Waals surface area contributed by atoms with E-state index in [1.165, 1.54) is 11.3 Å². The molecular formula is C20H10N4S2. The van der Waals surface area contributed by atoms with E-state index in [4.69, 9.17) is 6.57 Å². The third-order valence-electron chi connectivity index (χ3n) is 3.87. The average Bonchev–Trinajstić information content (AvgIpc) is 3.09. The Morgan fingerprint density at radius 1 is 1.19 bits per heavy atom. The first kappa shape index (κ1) is 17.5. The van der Waals surface area contributed by atoms with Crippen LogP contribution in [0.1, 0.15) is 27.3 Å². The standard InChI is InChI=1S/C20H10N4S2/c1-12-16(10-21)18(22-3)13(2)19-20(12)26-17(24-19)9-6-14-4-7-15(8-5-14)23-11-25/h4-5,7-8H,1-2H3. The molecule has 0 amide bonds. The third-order valence-corrected chi connectivity index (χ3v) is 5.05. The molecule has 0 N–H and O–H groups in total. The van der Waals surface area contributed by atoms with Crippen LogP contribution in [-0.2, 0) is 0 Å². The van der Waals surface area contributed by atoms with Gasteiger partial charge in [0, 0.05) is 5.56 Å². The van der Waals surface area contributed by atoms with Crippen LogP contribution in [0.3, 0.4) is 0 Å².